The molecule has 0 radical (unpaired) electrons. The minimum absolute atomic E-state index is 0. The topological polar surface area (TPSA) is 66.4 Å². The van der Waals surface area contributed by atoms with Crippen molar-refractivity contribution in [2.24, 2.45) is 11.8 Å². The summed E-state index contributed by atoms with van der Waals surface area (Å²) in [6, 6.07) is 0. The first-order valence-corrected chi connectivity index (χ1v) is 10.3. The van der Waals surface area contributed by atoms with E-state index < -0.39 is 16.5 Å². The molecule has 0 amide bonds. The van der Waals surface area contributed by atoms with Gasteiger partial charge in [-0.2, -0.15) is 0 Å². The Bertz CT molecular complexity index is 356. The maximum atomic E-state index is 10.9. The Balaban J connectivity index is 0. The molecule has 23 heavy (non-hydrogen) atoms. The third kappa shape index (κ3) is 14.9. The van der Waals surface area contributed by atoms with Gasteiger partial charge in [0.25, 0.3) is 0 Å². The summed E-state index contributed by atoms with van der Waals surface area (Å²) in [6.45, 7) is 8.64. The summed E-state index contributed by atoms with van der Waals surface area (Å²) >= 11 is 0. The van der Waals surface area contributed by atoms with E-state index in [2.05, 4.69) is 27.7 Å². The summed E-state index contributed by atoms with van der Waals surface area (Å²) in [5, 5.41) is 0. The van der Waals surface area contributed by atoms with Crippen LogP contribution in [-0.2, 0) is 14.6 Å². The maximum Gasteiger partial charge on any atom is 1.00 e. The maximum absolute atomic E-state index is 10.9. The zero-order valence-corrected chi connectivity index (χ0v) is 18.7. The molecule has 0 aromatic heterocycles. The van der Waals surface area contributed by atoms with Gasteiger partial charge < -0.3 is 4.55 Å². The summed E-state index contributed by atoms with van der Waals surface area (Å²) < 4.78 is 37.6. The molecule has 0 saturated heterocycles. The molecule has 0 rings (SSSR count). The van der Waals surface area contributed by atoms with Crippen LogP contribution in [0.25, 0.3) is 0 Å². The molecular weight excluding hydrogens is 323 g/mol. The van der Waals surface area contributed by atoms with Crippen molar-refractivity contribution in [1.82, 2.24) is 0 Å². The van der Waals surface area contributed by atoms with Crippen LogP contribution in [0.2, 0.25) is 0 Å². The molecule has 0 N–H and O–H groups in total. The van der Waals surface area contributed by atoms with Crippen molar-refractivity contribution in [3.05, 3.63) is 0 Å². The van der Waals surface area contributed by atoms with Crippen LogP contribution in [0.5, 0.6) is 0 Å². The molecule has 0 saturated carbocycles. The second kappa shape index (κ2) is 15.2. The van der Waals surface area contributed by atoms with E-state index in [-0.39, 0.29) is 29.6 Å². The van der Waals surface area contributed by atoms with Crippen molar-refractivity contribution in [3.63, 3.8) is 0 Å². The number of rotatable bonds is 14. The van der Waals surface area contributed by atoms with Crippen LogP contribution in [0.3, 0.4) is 0 Å². The standard InChI is InChI=1S/C17H36O4S.Na/c1-5-9-10-16(8-4)12-14-17(21-22(18,19)20)13-11-15(6-2)7-3;/h15-17H,5-14H2,1-4H3,(H,18,19,20);/q;+1/p-1. The van der Waals surface area contributed by atoms with Crippen LogP contribution in [-0.4, -0.2) is 19.1 Å². The number of unbranched alkanes of at least 4 members (excludes halogenated alkanes) is 1. The molecule has 2 unspecified atom stereocenters. The van der Waals surface area contributed by atoms with Crippen molar-refractivity contribution in [1.29, 1.82) is 0 Å². The van der Waals surface area contributed by atoms with E-state index in [0.29, 0.717) is 24.7 Å². The van der Waals surface area contributed by atoms with Gasteiger partial charge in [0.05, 0.1) is 6.10 Å². The minimum Gasteiger partial charge on any atom is -0.726 e. The average Bonchev–Trinajstić information content (AvgIpc) is 2.46. The van der Waals surface area contributed by atoms with Crippen LogP contribution >= 0.6 is 0 Å². The number of hydrogen-bond acceptors (Lipinski definition) is 4. The molecule has 4 nitrogen and oxygen atoms in total. The Morgan fingerprint density at radius 1 is 0.826 bits per heavy atom. The van der Waals surface area contributed by atoms with E-state index in [4.69, 9.17) is 4.18 Å². The van der Waals surface area contributed by atoms with Gasteiger partial charge in [-0.25, -0.2) is 8.42 Å². The first-order chi connectivity index (χ1) is 10.4. The molecule has 0 aliphatic rings. The first-order valence-electron chi connectivity index (χ1n) is 9.00. The second-order valence-electron chi connectivity index (χ2n) is 6.38. The number of hydrogen-bond donors (Lipinski definition) is 0. The van der Waals surface area contributed by atoms with Gasteiger partial charge in [-0.3, -0.25) is 4.18 Å². The molecule has 2 atom stereocenters. The Hall–Kier alpha value is 0.870. The summed E-state index contributed by atoms with van der Waals surface area (Å²) in [6.07, 6.45) is 9.60. The van der Waals surface area contributed by atoms with Crippen LogP contribution < -0.4 is 29.6 Å². The van der Waals surface area contributed by atoms with Gasteiger partial charge in [0, 0.05) is 0 Å². The fourth-order valence-corrected chi connectivity index (χ4v) is 3.52. The van der Waals surface area contributed by atoms with Gasteiger partial charge in [0.15, 0.2) is 0 Å². The van der Waals surface area contributed by atoms with E-state index >= 15 is 0 Å². The van der Waals surface area contributed by atoms with E-state index in [1.54, 1.807) is 0 Å². The molecule has 0 fully saturated rings. The van der Waals surface area contributed by atoms with Crippen LogP contribution in [0.4, 0.5) is 0 Å². The fourth-order valence-electron chi connectivity index (χ4n) is 2.99. The Kier molecular flexibility index (Phi) is 17.2. The van der Waals surface area contributed by atoms with Crippen LogP contribution in [0.1, 0.15) is 91.9 Å². The zero-order valence-electron chi connectivity index (χ0n) is 15.8. The minimum atomic E-state index is -4.61. The van der Waals surface area contributed by atoms with Crippen molar-refractivity contribution in [2.75, 3.05) is 0 Å². The van der Waals surface area contributed by atoms with Gasteiger partial charge in [-0.05, 0) is 37.5 Å². The van der Waals surface area contributed by atoms with Gasteiger partial charge in [0.2, 0.25) is 10.4 Å². The molecule has 6 heteroatoms. The monoisotopic (exact) mass is 358 g/mol. The molecule has 0 heterocycles. The van der Waals surface area contributed by atoms with E-state index in [1.165, 1.54) is 19.3 Å². The smallest absolute Gasteiger partial charge is 0.726 e. The molecule has 0 aliphatic heterocycles. The Morgan fingerprint density at radius 3 is 1.70 bits per heavy atom. The van der Waals surface area contributed by atoms with Crippen LogP contribution in [0.15, 0.2) is 0 Å². The quantitative estimate of drug-likeness (QED) is 0.271. The summed E-state index contributed by atoms with van der Waals surface area (Å²) in [5.74, 6) is 1.19. The molecule has 0 aromatic carbocycles. The third-order valence-corrected chi connectivity index (χ3v) is 5.25. The Morgan fingerprint density at radius 2 is 1.30 bits per heavy atom. The predicted octanol–water partition coefficient (Wildman–Crippen LogP) is 2.05. The first kappa shape index (κ1) is 26.1. The van der Waals surface area contributed by atoms with Gasteiger partial charge in [-0.15, -0.1) is 0 Å². The van der Waals surface area contributed by atoms with Crippen molar-refractivity contribution >= 4 is 10.4 Å². The summed E-state index contributed by atoms with van der Waals surface area (Å²) in [7, 11) is -4.61. The van der Waals surface area contributed by atoms with Gasteiger partial charge in [0.1, 0.15) is 0 Å². The normalized spacial score (nSPS) is 14.5. The van der Waals surface area contributed by atoms with Gasteiger partial charge >= 0.3 is 29.6 Å². The van der Waals surface area contributed by atoms with Crippen molar-refractivity contribution < 1.29 is 46.7 Å². The molecule has 0 aromatic rings. The van der Waals surface area contributed by atoms with Crippen LogP contribution in [0, 0.1) is 11.8 Å². The molecule has 0 spiro atoms. The largest absolute Gasteiger partial charge is 1.00 e. The summed E-state index contributed by atoms with van der Waals surface area (Å²) in [4.78, 5) is 0. The average molecular weight is 359 g/mol. The zero-order chi connectivity index (χ0) is 17.0. The third-order valence-electron chi connectivity index (χ3n) is 4.75. The van der Waals surface area contributed by atoms with E-state index in [9.17, 15) is 13.0 Å². The van der Waals surface area contributed by atoms with Gasteiger partial charge in [-0.1, -0.05) is 66.2 Å². The summed E-state index contributed by atoms with van der Waals surface area (Å²) in [5.41, 5.74) is 0. The SMILES string of the molecule is CCCCC(CC)CCC(CCC(CC)CC)OS(=O)(=O)[O-].[Na+]. The van der Waals surface area contributed by atoms with E-state index in [1.807, 2.05) is 0 Å². The van der Waals surface area contributed by atoms with Crippen molar-refractivity contribution in [2.45, 2.75) is 98.0 Å². The Labute approximate surface area is 166 Å². The second-order valence-corrected chi connectivity index (χ2v) is 7.39. The molecule has 0 aliphatic carbocycles. The molecule has 0 bridgehead atoms. The molecular formula is C17H35NaO4S. The molecule has 134 valence electrons. The predicted molar refractivity (Wildman–Crippen MR) is 90.4 cm³/mol. The fraction of sp³-hybridized carbons (Fsp3) is 1.00. The van der Waals surface area contributed by atoms with Crippen molar-refractivity contribution in [3.8, 4) is 0 Å². The van der Waals surface area contributed by atoms with E-state index in [0.717, 1.165) is 32.1 Å².